The van der Waals surface area contributed by atoms with Crippen molar-refractivity contribution in [3.63, 3.8) is 0 Å². The molecule has 7 heteroatoms. The van der Waals surface area contributed by atoms with Crippen molar-refractivity contribution in [2.24, 2.45) is 5.73 Å². The van der Waals surface area contributed by atoms with Gasteiger partial charge < -0.3 is 16.2 Å². The summed E-state index contributed by atoms with van der Waals surface area (Å²) in [5, 5.41) is 11.8. The van der Waals surface area contributed by atoms with Gasteiger partial charge in [-0.15, -0.1) is 0 Å². The van der Waals surface area contributed by atoms with Crippen molar-refractivity contribution < 1.29 is 14.7 Å². The molecule has 1 aromatic rings. The van der Waals surface area contributed by atoms with Crippen molar-refractivity contribution in [2.45, 2.75) is 19.4 Å². The molecule has 0 radical (unpaired) electrons. The minimum absolute atomic E-state index is 0.00287. The van der Waals surface area contributed by atoms with Crippen LogP contribution in [0.1, 0.15) is 23.7 Å². The summed E-state index contributed by atoms with van der Waals surface area (Å²) >= 11 is 5.85. The SMILES string of the molecule is CC(CC(N)=O)Nc1ncc(C(=O)O)cc1Cl. The number of aromatic nitrogens is 1. The summed E-state index contributed by atoms with van der Waals surface area (Å²) in [5.74, 6) is -1.22. The fourth-order valence-corrected chi connectivity index (χ4v) is 1.47. The number of carboxylic acid groups (broad SMARTS) is 1. The number of amides is 1. The summed E-state index contributed by atoms with van der Waals surface area (Å²) in [7, 11) is 0. The van der Waals surface area contributed by atoms with E-state index in [-0.39, 0.29) is 23.0 Å². The van der Waals surface area contributed by atoms with Crippen LogP contribution in [0.25, 0.3) is 0 Å². The Kier molecular flexibility index (Phi) is 4.28. The molecule has 0 aliphatic rings. The van der Waals surface area contributed by atoms with Crippen LogP contribution in [0.2, 0.25) is 5.02 Å². The number of anilines is 1. The summed E-state index contributed by atoms with van der Waals surface area (Å²) in [5.41, 5.74) is 5.04. The van der Waals surface area contributed by atoms with E-state index >= 15 is 0 Å². The number of rotatable bonds is 5. The number of nitrogens with two attached hydrogens (primary N) is 1. The van der Waals surface area contributed by atoms with Crippen molar-refractivity contribution in [1.29, 1.82) is 0 Å². The molecule has 1 aromatic heterocycles. The van der Waals surface area contributed by atoms with Gasteiger partial charge in [0.25, 0.3) is 0 Å². The van der Waals surface area contributed by atoms with Crippen molar-refractivity contribution in [2.75, 3.05) is 5.32 Å². The van der Waals surface area contributed by atoms with Crippen molar-refractivity contribution in [1.82, 2.24) is 4.98 Å². The lowest BCUT2D eigenvalue weighted by molar-refractivity contribution is -0.118. The van der Waals surface area contributed by atoms with Gasteiger partial charge in [0.2, 0.25) is 5.91 Å². The molecule has 92 valence electrons. The van der Waals surface area contributed by atoms with Gasteiger partial charge in [-0.3, -0.25) is 4.79 Å². The van der Waals surface area contributed by atoms with Crippen LogP contribution in [0.5, 0.6) is 0 Å². The number of halogens is 1. The monoisotopic (exact) mass is 257 g/mol. The Balaban J connectivity index is 2.79. The van der Waals surface area contributed by atoms with E-state index < -0.39 is 11.9 Å². The highest BCUT2D eigenvalue weighted by Crippen LogP contribution is 2.21. The molecule has 0 bridgehead atoms. The fraction of sp³-hybridized carbons (Fsp3) is 0.300. The lowest BCUT2D eigenvalue weighted by Gasteiger charge is -2.13. The highest BCUT2D eigenvalue weighted by atomic mass is 35.5. The minimum Gasteiger partial charge on any atom is -0.478 e. The minimum atomic E-state index is -1.10. The maximum atomic E-state index is 10.7. The molecule has 1 heterocycles. The second-order valence-corrected chi connectivity index (χ2v) is 3.98. The van der Waals surface area contributed by atoms with E-state index in [1.165, 1.54) is 12.3 Å². The Morgan fingerprint density at radius 3 is 2.76 bits per heavy atom. The smallest absolute Gasteiger partial charge is 0.337 e. The average Bonchev–Trinajstić information content (AvgIpc) is 2.19. The van der Waals surface area contributed by atoms with E-state index in [4.69, 9.17) is 22.4 Å². The molecule has 1 unspecified atom stereocenters. The van der Waals surface area contributed by atoms with Gasteiger partial charge in [0, 0.05) is 18.7 Å². The number of carbonyl (C=O) groups is 2. The first-order chi connectivity index (χ1) is 7.90. The zero-order valence-corrected chi connectivity index (χ0v) is 9.86. The molecule has 0 spiro atoms. The number of aromatic carboxylic acids is 1. The number of primary amides is 1. The molecule has 1 amide bonds. The van der Waals surface area contributed by atoms with Gasteiger partial charge in [-0.25, -0.2) is 9.78 Å². The molecular formula is C10H12ClN3O3. The normalized spacial score (nSPS) is 11.9. The van der Waals surface area contributed by atoms with Crippen LogP contribution in [-0.2, 0) is 4.79 Å². The van der Waals surface area contributed by atoms with Gasteiger partial charge in [0.05, 0.1) is 10.6 Å². The van der Waals surface area contributed by atoms with Crippen LogP contribution in [0, 0.1) is 0 Å². The topological polar surface area (TPSA) is 105 Å². The molecule has 0 aliphatic carbocycles. The number of hydrogen-bond donors (Lipinski definition) is 3. The molecule has 4 N–H and O–H groups in total. The second kappa shape index (κ2) is 5.49. The number of hydrogen-bond acceptors (Lipinski definition) is 4. The molecule has 0 saturated heterocycles. The summed E-state index contributed by atoms with van der Waals surface area (Å²) < 4.78 is 0. The van der Waals surface area contributed by atoms with Crippen LogP contribution in [0.15, 0.2) is 12.3 Å². The Labute approximate surface area is 103 Å². The summed E-state index contributed by atoms with van der Waals surface area (Å²) in [6.07, 6.45) is 1.33. The Morgan fingerprint density at radius 2 is 2.29 bits per heavy atom. The highest BCUT2D eigenvalue weighted by Gasteiger charge is 2.11. The van der Waals surface area contributed by atoms with E-state index in [0.717, 1.165) is 0 Å². The maximum Gasteiger partial charge on any atom is 0.337 e. The van der Waals surface area contributed by atoms with E-state index in [0.29, 0.717) is 5.82 Å². The number of pyridine rings is 1. The standard InChI is InChI=1S/C10H12ClN3O3/c1-5(2-8(12)15)14-9-7(11)3-6(4-13-9)10(16)17/h3-5H,2H2,1H3,(H2,12,15)(H,13,14)(H,16,17). The third kappa shape index (κ3) is 3.92. The molecule has 1 atom stereocenters. The first-order valence-electron chi connectivity index (χ1n) is 4.84. The van der Waals surface area contributed by atoms with Gasteiger partial charge in [-0.1, -0.05) is 11.6 Å². The molecule has 1 rings (SSSR count). The predicted octanol–water partition coefficient (Wildman–Crippen LogP) is 1.11. The van der Waals surface area contributed by atoms with Crippen LogP contribution >= 0.6 is 11.6 Å². The second-order valence-electron chi connectivity index (χ2n) is 3.58. The van der Waals surface area contributed by atoms with Crippen LogP contribution in [-0.4, -0.2) is 28.0 Å². The molecule has 0 fully saturated rings. The third-order valence-electron chi connectivity index (χ3n) is 1.98. The number of carbonyl (C=O) groups excluding carboxylic acids is 1. The van der Waals surface area contributed by atoms with E-state index in [9.17, 15) is 9.59 Å². The Hall–Kier alpha value is -1.82. The summed E-state index contributed by atoms with van der Waals surface area (Å²) in [4.78, 5) is 25.2. The molecule has 6 nitrogen and oxygen atoms in total. The number of nitrogens with zero attached hydrogens (tertiary/aromatic N) is 1. The zero-order valence-electron chi connectivity index (χ0n) is 9.11. The third-order valence-corrected chi connectivity index (χ3v) is 2.27. The predicted molar refractivity (Wildman–Crippen MR) is 63.1 cm³/mol. The quantitative estimate of drug-likeness (QED) is 0.733. The van der Waals surface area contributed by atoms with Crippen molar-refractivity contribution in [3.8, 4) is 0 Å². The molecule has 0 aromatic carbocycles. The first kappa shape index (κ1) is 13.2. The Morgan fingerprint density at radius 1 is 1.65 bits per heavy atom. The van der Waals surface area contributed by atoms with Gasteiger partial charge in [-0.05, 0) is 13.0 Å². The van der Waals surface area contributed by atoms with E-state index in [1.807, 2.05) is 0 Å². The summed E-state index contributed by atoms with van der Waals surface area (Å²) in [6.45, 7) is 1.74. The average molecular weight is 258 g/mol. The van der Waals surface area contributed by atoms with Crippen LogP contribution < -0.4 is 11.1 Å². The molecule has 17 heavy (non-hydrogen) atoms. The fourth-order valence-electron chi connectivity index (χ4n) is 1.25. The van der Waals surface area contributed by atoms with Gasteiger partial charge in [0.15, 0.2) is 0 Å². The van der Waals surface area contributed by atoms with Gasteiger partial charge in [-0.2, -0.15) is 0 Å². The number of carboxylic acids is 1. The van der Waals surface area contributed by atoms with Crippen molar-refractivity contribution in [3.05, 3.63) is 22.8 Å². The molecule has 0 saturated carbocycles. The molecular weight excluding hydrogens is 246 g/mol. The lowest BCUT2D eigenvalue weighted by atomic mass is 10.2. The van der Waals surface area contributed by atoms with Crippen molar-refractivity contribution >= 4 is 29.3 Å². The zero-order chi connectivity index (χ0) is 13.0. The maximum absolute atomic E-state index is 10.7. The molecule has 0 aliphatic heterocycles. The van der Waals surface area contributed by atoms with Gasteiger partial charge >= 0.3 is 5.97 Å². The lowest BCUT2D eigenvalue weighted by Crippen LogP contribution is -2.24. The van der Waals surface area contributed by atoms with Crippen LogP contribution in [0.4, 0.5) is 5.82 Å². The highest BCUT2D eigenvalue weighted by molar-refractivity contribution is 6.33. The largest absolute Gasteiger partial charge is 0.478 e. The van der Waals surface area contributed by atoms with Crippen LogP contribution in [0.3, 0.4) is 0 Å². The Bertz CT molecular complexity index is 450. The van der Waals surface area contributed by atoms with Gasteiger partial charge in [0.1, 0.15) is 5.82 Å². The first-order valence-corrected chi connectivity index (χ1v) is 5.21. The number of nitrogens with one attached hydrogen (secondary N) is 1. The van der Waals surface area contributed by atoms with E-state index in [1.54, 1.807) is 6.92 Å². The summed E-state index contributed by atoms with van der Waals surface area (Å²) in [6, 6.07) is 1.06. The van der Waals surface area contributed by atoms with E-state index in [2.05, 4.69) is 10.3 Å².